The van der Waals surface area contributed by atoms with Gasteiger partial charge in [0.05, 0.1) is 10.6 Å². The van der Waals surface area contributed by atoms with Gasteiger partial charge in [0.1, 0.15) is 16.9 Å². The summed E-state index contributed by atoms with van der Waals surface area (Å²) in [5, 5.41) is -0.0767. The Morgan fingerprint density at radius 2 is 1.86 bits per heavy atom. The van der Waals surface area contributed by atoms with E-state index in [2.05, 4.69) is 20.9 Å². The van der Waals surface area contributed by atoms with E-state index in [-0.39, 0.29) is 25.8 Å². The highest BCUT2D eigenvalue weighted by Crippen LogP contribution is 2.33. The molecule has 2 aromatic carbocycles. The molecule has 0 saturated heterocycles. The number of hydrogen-bond acceptors (Lipinski definition) is 4. The van der Waals surface area contributed by atoms with Gasteiger partial charge in [-0.05, 0) is 30.3 Å². The van der Waals surface area contributed by atoms with E-state index in [0.717, 1.165) is 29.2 Å². The van der Waals surface area contributed by atoms with Gasteiger partial charge in [0, 0.05) is 16.4 Å². The number of carbonyl (C=O) groups excluding carboxylic acids is 1. The molecule has 6 nitrogen and oxygen atoms in total. The van der Waals surface area contributed by atoms with Crippen LogP contribution >= 0.6 is 27.5 Å². The van der Waals surface area contributed by atoms with E-state index in [4.69, 9.17) is 11.6 Å². The predicted molar refractivity (Wildman–Crippen MR) is 102 cm³/mol. The molecule has 0 fully saturated rings. The standard InChI is InChI=1S/C17H10BrClF3N3O3S/c18-11-5-10(17(20,21)22)6-12(7-11)25-8-14(23-9-25)16(26)24-29(27,28)15-4-2-1-3-13(15)19/h1-9H,(H,24,26). The molecule has 0 atom stereocenters. The topological polar surface area (TPSA) is 81.1 Å². The smallest absolute Gasteiger partial charge is 0.305 e. The van der Waals surface area contributed by atoms with Crippen molar-refractivity contribution in [1.82, 2.24) is 14.3 Å². The molecule has 1 amide bonds. The van der Waals surface area contributed by atoms with Gasteiger partial charge in [-0.2, -0.15) is 13.2 Å². The van der Waals surface area contributed by atoms with Gasteiger partial charge in [0.2, 0.25) is 0 Å². The molecule has 0 aliphatic heterocycles. The minimum absolute atomic E-state index is 0.0761. The van der Waals surface area contributed by atoms with Crippen LogP contribution in [0.25, 0.3) is 5.69 Å². The first-order chi connectivity index (χ1) is 13.5. The fourth-order valence-electron chi connectivity index (χ4n) is 2.36. The zero-order valence-corrected chi connectivity index (χ0v) is 17.3. The molecule has 152 valence electrons. The third-order valence-corrected chi connectivity index (χ3v) is 5.97. The minimum Gasteiger partial charge on any atom is -0.305 e. The second kappa shape index (κ2) is 7.81. The number of imidazole rings is 1. The maximum atomic E-state index is 13.0. The molecule has 3 aromatic rings. The number of nitrogens with zero attached hydrogens (tertiary/aromatic N) is 2. The lowest BCUT2D eigenvalue weighted by Gasteiger charge is -2.10. The second-order valence-electron chi connectivity index (χ2n) is 5.73. The molecule has 0 saturated carbocycles. The largest absolute Gasteiger partial charge is 0.416 e. The van der Waals surface area contributed by atoms with Crippen LogP contribution < -0.4 is 4.72 Å². The number of aromatic nitrogens is 2. The summed E-state index contributed by atoms with van der Waals surface area (Å²) in [5.41, 5.74) is -1.13. The van der Waals surface area contributed by atoms with Crippen LogP contribution in [0.2, 0.25) is 5.02 Å². The van der Waals surface area contributed by atoms with Crippen LogP contribution in [-0.2, 0) is 16.2 Å². The average Bonchev–Trinajstić information content (AvgIpc) is 3.10. The SMILES string of the molecule is O=C(NS(=O)(=O)c1ccccc1Cl)c1cn(-c2cc(Br)cc(C(F)(F)F)c2)cn1. The summed E-state index contributed by atoms with van der Waals surface area (Å²) in [7, 11) is -4.26. The summed E-state index contributed by atoms with van der Waals surface area (Å²) < 4.78 is 66.8. The monoisotopic (exact) mass is 507 g/mol. The van der Waals surface area contributed by atoms with Gasteiger partial charge in [-0.1, -0.05) is 39.7 Å². The van der Waals surface area contributed by atoms with E-state index >= 15 is 0 Å². The fourth-order valence-corrected chi connectivity index (χ4v) is 4.32. The number of alkyl halides is 3. The van der Waals surface area contributed by atoms with Crippen molar-refractivity contribution in [2.45, 2.75) is 11.1 Å². The van der Waals surface area contributed by atoms with Gasteiger partial charge in [-0.15, -0.1) is 0 Å². The molecule has 1 N–H and O–H groups in total. The maximum Gasteiger partial charge on any atom is 0.416 e. The normalized spacial score (nSPS) is 12.0. The quantitative estimate of drug-likeness (QED) is 0.566. The zero-order chi connectivity index (χ0) is 21.4. The van der Waals surface area contributed by atoms with Crippen LogP contribution in [0.4, 0.5) is 13.2 Å². The molecular weight excluding hydrogens is 499 g/mol. The Hall–Kier alpha value is -2.37. The van der Waals surface area contributed by atoms with Crippen molar-refractivity contribution < 1.29 is 26.4 Å². The third kappa shape index (κ3) is 4.80. The van der Waals surface area contributed by atoms with Crippen molar-refractivity contribution in [3.05, 3.63) is 75.7 Å². The highest BCUT2D eigenvalue weighted by molar-refractivity contribution is 9.10. The average molecular weight is 509 g/mol. The van der Waals surface area contributed by atoms with Crippen molar-refractivity contribution in [2.75, 3.05) is 0 Å². The van der Waals surface area contributed by atoms with E-state index < -0.39 is 27.7 Å². The second-order valence-corrected chi connectivity index (χ2v) is 8.70. The number of amides is 1. The molecule has 12 heteroatoms. The molecule has 0 aliphatic rings. The Morgan fingerprint density at radius 3 is 2.52 bits per heavy atom. The highest BCUT2D eigenvalue weighted by atomic mass is 79.9. The van der Waals surface area contributed by atoms with E-state index in [0.29, 0.717) is 0 Å². The molecule has 3 rings (SSSR count). The van der Waals surface area contributed by atoms with Gasteiger partial charge in [-0.25, -0.2) is 18.1 Å². The van der Waals surface area contributed by atoms with Crippen LogP contribution in [0.3, 0.4) is 0 Å². The summed E-state index contributed by atoms with van der Waals surface area (Å²) in [6.45, 7) is 0. The lowest BCUT2D eigenvalue weighted by molar-refractivity contribution is -0.137. The van der Waals surface area contributed by atoms with Crippen LogP contribution in [0.1, 0.15) is 16.1 Å². The lowest BCUT2D eigenvalue weighted by atomic mass is 10.2. The van der Waals surface area contributed by atoms with Crippen molar-refractivity contribution in [1.29, 1.82) is 0 Å². The molecule has 0 radical (unpaired) electrons. The van der Waals surface area contributed by atoms with Crippen LogP contribution in [-0.4, -0.2) is 23.9 Å². The van der Waals surface area contributed by atoms with Gasteiger partial charge in [-0.3, -0.25) is 4.79 Å². The van der Waals surface area contributed by atoms with Gasteiger partial charge < -0.3 is 4.57 Å². The summed E-state index contributed by atoms with van der Waals surface area (Å²) in [6.07, 6.45) is -2.36. The van der Waals surface area contributed by atoms with Crippen molar-refractivity contribution >= 4 is 43.5 Å². The Labute approximate surface area is 176 Å². The van der Waals surface area contributed by atoms with E-state index in [1.807, 2.05) is 4.72 Å². The Bertz CT molecular complexity index is 1200. The van der Waals surface area contributed by atoms with Gasteiger partial charge >= 0.3 is 6.18 Å². The van der Waals surface area contributed by atoms with Crippen LogP contribution in [0, 0.1) is 0 Å². The molecular formula is C17H10BrClF3N3O3S. The summed E-state index contributed by atoms with van der Waals surface area (Å²) in [5.74, 6) is -1.06. The summed E-state index contributed by atoms with van der Waals surface area (Å²) >= 11 is 8.85. The molecule has 0 unspecified atom stereocenters. The first-order valence-electron chi connectivity index (χ1n) is 7.71. The number of benzene rings is 2. The van der Waals surface area contributed by atoms with Crippen molar-refractivity contribution in [2.24, 2.45) is 0 Å². The molecule has 0 spiro atoms. The number of rotatable bonds is 4. The molecule has 0 bridgehead atoms. The van der Waals surface area contributed by atoms with Crippen molar-refractivity contribution in [3.8, 4) is 5.69 Å². The Balaban J connectivity index is 1.88. The first-order valence-corrected chi connectivity index (χ1v) is 10.4. The molecule has 0 aliphatic carbocycles. The summed E-state index contributed by atoms with van der Waals surface area (Å²) in [6, 6.07) is 8.69. The number of sulfonamides is 1. The van der Waals surface area contributed by atoms with E-state index in [1.54, 1.807) is 0 Å². The zero-order valence-electron chi connectivity index (χ0n) is 14.1. The Kier molecular flexibility index (Phi) is 5.74. The van der Waals surface area contributed by atoms with Gasteiger partial charge in [0.25, 0.3) is 15.9 Å². The van der Waals surface area contributed by atoms with Crippen LogP contribution in [0.5, 0.6) is 0 Å². The molecule has 29 heavy (non-hydrogen) atoms. The van der Waals surface area contributed by atoms with E-state index in [1.165, 1.54) is 30.3 Å². The number of nitrogens with one attached hydrogen (secondary N) is 1. The lowest BCUT2D eigenvalue weighted by Crippen LogP contribution is -2.31. The summed E-state index contributed by atoms with van der Waals surface area (Å²) in [4.78, 5) is 15.8. The Morgan fingerprint density at radius 1 is 1.17 bits per heavy atom. The molecule has 1 aromatic heterocycles. The van der Waals surface area contributed by atoms with Crippen molar-refractivity contribution in [3.63, 3.8) is 0 Å². The predicted octanol–water partition coefficient (Wildman–Crippen LogP) is 4.43. The number of halogens is 5. The first kappa shape index (κ1) is 21.3. The highest BCUT2D eigenvalue weighted by Gasteiger charge is 2.31. The third-order valence-electron chi connectivity index (χ3n) is 3.68. The fraction of sp³-hybridized carbons (Fsp3) is 0.0588. The van der Waals surface area contributed by atoms with Crippen LogP contribution in [0.15, 0.2) is 64.4 Å². The van der Waals surface area contributed by atoms with E-state index in [9.17, 15) is 26.4 Å². The minimum atomic E-state index is -4.57. The molecule has 1 heterocycles. The number of carbonyl (C=O) groups is 1. The number of hydrogen-bond donors (Lipinski definition) is 1. The maximum absolute atomic E-state index is 13.0. The van der Waals surface area contributed by atoms with Gasteiger partial charge in [0.15, 0.2) is 0 Å².